The van der Waals surface area contributed by atoms with Gasteiger partial charge in [-0.05, 0) is 24.3 Å². The van der Waals surface area contributed by atoms with E-state index in [2.05, 4.69) is 30.6 Å². The van der Waals surface area contributed by atoms with E-state index in [9.17, 15) is 4.79 Å². The Morgan fingerprint density at radius 1 is 1.23 bits per heavy atom. The minimum absolute atomic E-state index is 0.0130. The van der Waals surface area contributed by atoms with Gasteiger partial charge in [0.25, 0.3) is 0 Å². The molecular formula is C17H33N3O2. The zero-order valence-electron chi connectivity index (χ0n) is 14.5. The van der Waals surface area contributed by atoms with Crippen molar-refractivity contribution in [1.82, 2.24) is 9.80 Å². The predicted octanol–water partition coefficient (Wildman–Crippen LogP) is 1.32. The van der Waals surface area contributed by atoms with E-state index in [4.69, 9.17) is 10.5 Å². The van der Waals surface area contributed by atoms with Crippen molar-refractivity contribution in [1.29, 1.82) is 0 Å². The van der Waals surface area contributed by atoms with Crippen molar-refractivity contribution >= 4 is 5.91 Å². The molecule has 0 aromatic carbocycles. The Kier molecular flexibility index (Phi) is 6.24. The number of likely N-dealkylation sites (tertiary alicyclic amines) is 1. The molecule has 5 heteroatoms. The maximum atomic E-state index is 13.2. The molecule has 128 valence electrons. The minimum Gasteiger partial charge on any atom is -0.379 e. The second kappa shape index (κ2) is 7.75. The summed E-state index contributed by atoms with van der Waals surface area (Å²) in [6, 6.07) is 0.0130. The molecule has 0 radical (unpaired) electrons. The van der Waals surface area contributed by atoms with Crippen LogP contribution >= 0.6 is 0 Å². The Hall–Kier alpha value is -0.650. The second-order valence-electron chi connectivity index (χ2n) is 7.19. The molecule has 2 rings (SSSR count). The summed E-state index contributed by atoms with van der Waals surface area (Å²) in [5.74, 6) is 0.739. The number of carbonyl (C=O) groups is 1. The molecule has 0 aromatic rings. The van der Waals surface area contributed by atoms with Gasteiger partial charge in [0.2, 0.25) is 5.91 Å². The number of ether oxygens (including phenoxy) is 1. The van der Waals surface area contributed by atoms with Crippen LogP contribution in [-0.2, 0) is 9.53 Å². The molecule has 22 heavy (non-hydrogen) atoms. The van der Waals surface area contributed by atoms with Crippen LogP contribution in [0.15, 0.2) is 0 Å². The average Bonchev–Trinajstić information content (AvgIpc) is 2.96. The van der Waals surface area contributed by atoms with Gasteiger partial charge in [0.05, 0.1) is 19.3 Å². The van der Waals surface area contributed by atoms with E-state index >= 15 is 0 Å². The fourth-order valence-electron chi connectivity index (χ4n) is 3.81. The largest absolute Gasteiger partial charge is 0.379 e. The first-order valence-corrected chi connectivity index (χ1v) is 8.85. The van der Waals surface area contributed by atoms with E-state index in [1.54, 1.807) is 0 Å². The molecule has 2 aliphatic heterocycles. The van der Waals surface area contributed by atoms with Gasteiger partial charge in [-0.15, -0.1) is 0 Å². The molecule has 0 bridgehead atoms. The quantitative estimate of drug-likeness (QED) is 0.804. The standard InChI is InChI=1S/C17H33N3O2/c1-4-14(5-2)15(19-8-10-22-11-9-19)16(21)20-7-6-17(3,12-18)13-20/h14-15H,4-13,18H2,1-3H3. The maximum absolute atomic E-state index is 13.2. The monoisotopic (exact) mass is 311 g/mol. The molecule has 2 aliphatic rings. The highest BCUT2D eigenvalue weighted by molar-refractivity contribution is 5.82. The lowest BCUT2D eigenvalue weighted by Gasteiger charge is -2.39. The molecule has 2 N–H and O–H groups in total. The van der Waals surface area contributed by atoms with E-state index < -0.39 is 0 Å². The first-order valence-electron chi connectivity index (χ1n) is 8.85. The Morgan fingerprint density at radius 3 is 2.36 bits per heavy atom. The highest BCUT2D eigenvalue weighted by atomic mass is 16.5. The van der Waals surface area contributed by atoms with Gasteiger partial charge in [-0.2, -0.15) is 0 Å². The van der Waals surface area contributed by atoms with Gasteiger partial charge < -0.3 is 15.4 Å². The molecule has 0 aliphatic carbocycles. The fraction of sp³-hybridized carbons (Fsp3) is 0.941. The Labute approximate surface area is 135 Å². The topological polar surface area (TPSA) is 58.8 Å². The molecule has 2 saturated heterocycles. The van der Waals surface area contributed by atoms with Crippen LogP contribution in [0.2, 0.25) is 0 Å². The van der Waals surface area contributed by atoms with Crippen LogP contribution in [0.25, 0.3) is 0 Å². The van der Waals surface area contributed by atoms with Crippen molar-refractivity contribution in [2.75, 3.05) is 45.9 Å². The van der Waals surface area contributed by atoms with E-state index in [1.807, 2.05) is 0 Å². The van der Waals surface area contributed by atoms with Crippen molar-refractivity contribution in [3.8, 4) is 0 Å². The zero-order valence-corrected chi connectivity index (χ0v) is 14.5. The number of hydrogen-bond acceptors (Lipinski definition) is 4. The molecule has 0 saturated carbocycles. The van der Waals surface area contributed by atoms with Gasteiger partial charge in [0, 0.05) is 26.2 Å². The lowest BCUT2D eigenvalue weighted by atomic mass is 9.89. The van der Waals surface area contributed by atoms with Crippen LogP contribution in [0.1, 0.15) is 40.0 Å². The van der Waals surface area contributed by atoms with Crippen LogP contribution in [0.5, 0.6) is 0 Å². The molecule has 2 fully saturated rings. The van der Waals surface area contributed by atoms with Gasteiger partial charge in [0.1, 0.15) is 0 Å². The minimum atomic E-state index is 0.0130. The molecule has 2 heterocycles. The normalized spacial score (nSPS) is 28.3. The van der Waals surface area contributed by atoms with Crippen molar-refractivity contribution in [3.05, 3.63) is 0 Å². The molecule has 2 atom stereocenters. The van der Waals surface area contributed by atoms with Crippen LogP contribution in [0, 0.1) is 11.3 Å². The van der Waals surface area contributed by atoms with Gasteiger partial charge in [-0.3, -0.25) is 9.69 Å². The second-order valence-corrected chi connectivity index (χ2v) is 7.19. The number of nitrogens with zero attached hydrogens (tertiary/aromatic N) is 2. The van der Waals surface area contributed by atoms with Gasteiger partial charge in [0.15, 0.2) is 0 Å². The fourth-order valence-corrected chi connectivity index (χ4v) is 3.81. The smallest absolute Gasteiger partial charge is 0.240 e. The highest BCUT2D eigenvalue weighted by Crippen LogP contribution is 2.31. The number of carbonyl (C=O) groups excluding carboxylic acids is 1. The number of amides is 1. The molecule has 0 spiro atoms. The molecule has 0 aromatic heterocycles. The van der Waals surface area contributed by atoms with E-state index in [0.717, 1.165) is 58.7 Å². The first kappa shape index (κ1) is 17.7. The lowest BCUT2D eigenvalue weighted by Crippen LogP contribution is -2.55. The van der Waals surface area contributed by atoms with E-state index in [0.29, 0.717) is 18.4 Å². The van der Waals surface area contributed by atoms with Gasteiger partial charge in [-0.25, -0.2) is 0 Å². The number of nitrogens with two attached hydrogens (primary N) is 1. The molecule has 1 amide bonds. The maximum Gasteiger partial charge on any atom is 0.240 e. The van der Waals surface area contributed by atoms with Crippen molar-refractivity contribution in [2.45, 2.75) is 46.1 Å². The first-order chi connectivity index (χ1) is 10.5. The molecule has 2 unspecified atom stereocenters. The Morgan fingerprint density at radius 2 is 1.86 bits per heavy atom. The lowest BCUT2D eigenvalue weighted by molar-refractivity contribution is -0.140. The van der Waals surface area contributed by atoms with Crippen LogP contribution in [-0.4, -0.2) is 67.7 Å². The molecule has 5 nitrogen and oxygen atoms in total. The Balaban J connectivity index is 2.12. The summed E-state index contributed by atoms with van der Waals surface area (Å²) in [5, 5.41) is 0. The summed E-state index contributed by atoms with van der Waals surface area (Å²) in [5.41, 5.74) is 5.99. The zero-order chi connectivity index (χ0) is 16.2. The number of rotatable bonds is 6. The SMILES string of the molecule is CCC(CC)C(C(=O)N1CCC(C)(CN)C1)N1CCOCC1. The van der Waals surface area contributed by atoms with Gasteiger partial charge in [-0.1, -0.05) is 33.6 Å². The summed E-state index contributed by atoms with van der Waals surface area (Å²) in [6.45, 7) is 12.1. The van der Waals surface area contributed by atoms with Crippen molar-refractivity contribution in [2.24, 2.45) is 17.1 Å². The average molecular weight is 311 g/mol. The predicted molar refractivity (Wildman–Crippen MR) is 88.6 cm³/mol. The van der Waals surface area contributed by atoms with Crippen LogP contribution < -0.4 is 5.73 Å². The number of hydrogen-bond donors (Lipinski definition) is 1. The third-order valence-electron chi connectivity index (χ3n) is 5.55. The highest BCUT2D eigenvalue weighted by Gasteiger charge is 2.41. The van der Waals surface area contributed by atoms with E-state index in [-0.39, 0.29) is 11.5 Å². The summed E-state index contributed by atoms with van der Waals surface area (Å²) in [4.78, 5) is 17.6. The number of morpholine rings is 1. The van der Waals surface area contributed by atoms with Crippen LogP contribution in [0.4, 0.5) is 0 Å². The van der Waals surface area contributed by atoms with Crippen molar-refractivity contribution < 1.29 is 9.53 Å². The third-order valence-corrected chi connectivity index (χ3v) is 5.55. The Bertz CT molecular complexity index is 367. The van der Waals surface area contributed by atoms with Crippen LogP contribution in [0.3, 0.4) is 0 Å². The third kappa shape index (κ3) is 3.81. The summed E-state index contributed by atoms with van der Waals surface area (Å²) >= 11 is 0. The van der Waals surface area contributed by atoms with Crippen molar-refractivity contribution in [3.63, 3.8) is 0 Å². The van der Waals surface area contributed by atoms with E-state index in [1.165, 1.54) is 0 Å². The summed E-state index contributed by atoms with van der Waals surface area (Å²) in [6.07, 6.45) is 3.12. The van der Waals surface area contributed by atoms with Gasteiger partial charge >= 0.3 is 0 Å². The molecular weight excluding hydrogens is 278 g/mol. The summed E-state index contributed by atoms with van der Waals surface area (Å²) in [7, 11) is 0. The summed E-state index contributed by atoms with van der Waals surface area (Å²) < 4.78 is 5.47.